The fourth-order valence-electron chi connectivity index (χ4n) is 1.69. The molecule has 1 N–H and O–H groups in total. The zero-order valence-electron chi connectivity index (χ0n) is 12.9. The molecule has 0 aliphatic carbocycles. The van der Waals surface area contributed by atoms with E-state index in [2.05, 4.69) is 4.74 Å². The van der Waals surface area contributed by atoms with Crippen LogP contribution in [0.15, 0.2) is 0 Å². The first-order chi connectivity index (χ1) is 10.2. The quantitative estimate of drug-likeness (QED) is 0.707. The van der Waals surface area contributed by atoms with Crippen molar-refractivity contribution in [2.45, 2.75) is 62.7 Å². The second-order valence-corrected chi connectivity index (χ2v) is 6.03. The van der Waals surface area contributed by atoms with Crippen molar-refractivity contribution in [2.75, 3.05) is 6.61 Å². The van der Waals surface area contributed by atoms with Gasteiger partial charge in [0.1, 0.15) is 5.60 Å². The molecular formula is C12H15F9O3. The van der Waals surface area contributed by atoms with Crippen LogP contribution in [0.2, 0.25) is 0 Å². The van der Waals surface area contributed by atoms with Crippen molar-refractivity contribution >= 4 is 5.97 Å². The van der Waals surface area contributed by atoms with Gasteiger partial charge in [-0.25, -0.2) is 18.0 Å². The van der Waals surface area contributed by atoms with E-state index in [0.29, 0.717) is 0 Å². The maximum absolute atomic E-state index is 14.0. The van der Waals surface area contributed by atoms with E-state index in [1.54, 1.807) is 0 Å². The summed E-state index contributed by atoms with van der Waals surface area (Å²) in [5.74, 6) is -3.10. The summed E-state index contributed by atoms with van der Waals surface area (Å²) in [6, 6.07) is 0. The highest BCUT2D eigenvalue weighted by molar-refractivity contribution is 5.80. The number of halogens is 9. The van der Waals surface area contributed by atoms with Gasteiger partial charge in [-0.05, 0) is 27.7 Å². The van der Waals surface area contributed by atoms with Gasteiger partial charge in [-0.1, -0.05) is 0 Å². The number of ether oxygens (including phenoxy) is 1. The molecule has 3 nitrogen and oxygen atoms in total. The van der Waals surface area contributed by atoms with Crippen LogP contribution in [0, 0.1) is 0 Å². The topological polar surface area (TPSA) is 46.5 Å². The molecule has 0 fully saturated rings. The molecule has 0 aromatic rings. The van der Waals surface area contributed by atoms with Gasteiger partial charge in [-0.2, -0.15) is 26.3 Å². The Morgan fingerprint density at radius 1 is 0.833 bits per heavy atom. The third kappa shape index (κ3) is 3.57. The average molecular weight is 378 g/mol. The van der Waals surface area contributed by atoms with Crippen molar-refractivity contribution in [3.05, 3.63) is 0 Å². The molecule has 0 saturated heterocycles. The van der Waals surface area contributed by atoms with Gasteiger partial charge in [0.15, 0.2) is 5.67 Å². The van der Waals surface area contributed by atoms with Gasteiger partial charge in [-0.15, -0.1) is 0 Å². The first-order valence-corrected chi connectivity index (χ1v) is 6.22. The molecule has 2 atom stereocenters. The summed E-state index contributed by atoms with van der Waals surface area (Å²) in [5, 5.41) is 8.49. The van der Waals surface area contributed by atoms with Crippen LogP contribution in [0.4, 0.5) is 39.5 Å². The maximum Gasteiger partial charge on any atom is 0.436 e. The molecule has 0 aliphatic heterocycles. The van der Waals surface area contributed by atoms with Crippen molar-refractivity contribution in [3.8, 4) is 0 Å². The monoisotopic (exact) mass is 378 g/mol. The molecule has 12 heteroatoms. The van der Waals surface area contributed by atoms with E-state index < -0.39 is 47.5 Å². The van der Waals surface area contributed by atoms with Gasteiger partial charge in [-0.3, -0.25) is 0 Å². The molecule has 144 valence electrons. The molecule has 0 heterocycles. The summed E-state index contributed by atoms with van der Waals surface area (Å²) < 4.78 is 122. The molecule has 0 radical (unpaired) electrons. The number of carbonyl (C=O) groups is 1. The van der Waals surface area contributed by atoms with Crippen LogP contribution in [0.5, 0.6) is 0 Å². The fraction of sp³-hybridized carbons (Fsp3) is 0.917. The molecule has 0 bridgehead atoms. The second-order valence-electron chi connectivity index (χ2n) is 6.03. The van der Waals surface area contributed by atoms with Gasteiger partial charge >= 0.3 is 24.0 Å². The summed E-state index contributed by atoms with van der Waals surface area (Å²) >= 11 is 0. The van der Waals surface area contributed by atoms with Crippen LogP contribution in [-0.2, 0) is 9.53 Å². The number of carboxylic acid groups (broad SMARTS) is 1. The zero-order chi connectivity index (χ0) is 20.0. The summed E-state index contributed by atoms with van der Waals surface area (Å²) in [7, 11) is 0. The Morgan fingerprint density at radius 2 is 1.21 bits per heavy atom. The van der Waals surface area contributed by atoms with Crippen LogP contribution in [0.1, 0.15) is 27.7 Å². The molecule has 0 saturated carbocycles. The van der Waals surface area contributed by atoms with Crippen LogP contribution in [0.25, 0.3) is 0 Å². The Hall–Kier alpha value is -1.20. The fourth-order valence-corrected chi connectivity index (χ4v) is 1.69. The largest absolute Gasteiger partial charge is 0.479 e. The Morgan fingerprint density at radius 3 is 1.42 bits per heavy atom. The minimum Gasteiger partial charge on any atom is -0.479 e. The van der Waals surface area contributed by atoms with E-state index in [1.165, 1.54) is 0 Å². The molecule has 2 unspecified atom stereocenters. The van der Waals surface area contributed by atoms with Crippen molar-refractivity contribution in [2.24, 2.45) is 0 Å². The molecule has 24 heavy (non-hydrogen) atoms. The van der Waals surface area contributed by atoms with Gasteiger partial charge in [0.25, 0.3) is 5.67 Å². The number of hydrogen-bond donors (Lipinski definition) is 1. The smallest absolute Gasteiger partial charge is 0.436 e. The second kappa shape index (κ2) is 5.95. The van der Waals surface area contributed by atoms with Crippen molar-refractivity contribution in [3.63, 3.8) is 0 Å². The van der Waals surface area contributed by atoms with E-state index in [4.69, 9.17) is 5.11 Å². The molecular weight excluding hydrogens is 363 g/mol. The number of rotatable bonds is 6. The minimum absolute atomic E-state index is 0.153. The van der Waals surface area contributed by atoms with Crippen LogP contribution in [-0.4, -0.2) is 52.6 Å². The van der Waals surface area contributed by atoms with Gasteiger partial charge < -0.3 is 9.84 Å². The van der Waals surface area contributed by atoms with E-state index in [9.17, 15) is 44.3 Å². The predicted octanol–water partition coefficient (Wildman–Crippen LogP) is 4.16. The minimum atomic E-state index is -6.09. The van der Waals surface area contributed by atoms with Gasteiger partial charge in [0.2, 0.25) is 0 Å². The summed E-state index contributed by atoms with van der Waals surface area (Å²) in [5.41, 5.74) is -17.1. The Bertz CT molecular complexity index is 462. The van der Waals surface area contributed by atoms with Crippen molar-refractivity contribution in [1.82, 2.24) is 0 Å². The van der Waals surface area contributed by atoms with Gasteiger partial charge in [0, 0.05) is 0 Å². The molecule has 0 aromatic heterocycles. The van der Waals surface area contributed by atoms with Crippen molar-refractivity contribution < 1.29 is 54.2 Å². The van der Waals surface area contributed by atoms with Gasteiger partial charge in [0.05, 0.1) is 6.61 Å². The summed E-state index contributed by atoms with van der Waals surface area (Å²) in [4.78, 5) is 10.7. The summed E-state index contributed by atoms with van der Waals surface area (Å²) in [6.07, 6.45) is -12.0. The van der Waals surface area contributed by atoms with Crippen molar-refractivity contribution in [1.29, 1.82) is 0 Å². The maximum atomic E-state index is 14.0. The third-order valence-electron chi connectivity index (χ3n) is 3.54. The third-order valence-corrected chi connectivity index (χ3v) is 3.54. The van der Waals surface area contributed by atoms with E-state index in [1.807, 2.05) is 0 Å². The lowest BCUT2D eigenvalue weighted by Crippen LogP contribution is -2.65. The summed E-state index contributed by atoms with van der Waals surface area (Å²) in [6.45, 7) is -1.75. The lowest BCUT2D eigenvalue weighted by Gasteiger charge is -2.41. The standard InChI is InChI=1S/C12H15F9O3/c1-7(2,13)9(14,11(16,17)18)5-24-8(3,4)10(15,6(22)23)12(19,20)21/h5H2,1-4H3,(H,22,23). The highest BCUT2D eigenvalue weighted by Crippen LogP contribution is 2.48. The lowest BCUT2D eigenvalue weighted by molar-refractivity contribution is -0.316. The van der Waals surface area contributed by atoms with Crippen LogP contribution < -0.4 is 0 Å². The number of hydrogen-bond acceptors (Lipinski definition) is 2. The highest BCUT2D eigenvalue weighted by atomic mass is 19.4. The number of alkyl halides is 9. The average Bonchev–Trinajstić information content (AvgIpc) is 2.30. The molecule has 0 aromatic carbocycles. The first kappa shape index (κ1) is 22.8. The lowest BCUT2D eigenvalue weighted by atomic mass is 9.85. The number of carboxylic acids is 1. The Kier molecular flexibility index (Phi) is 5.66. The molecule has 0 amide bonds. The number of aliphatic carboxylic acids is 1. The SMILES string of the molecule is CC(C)(F)C(F)(COC(C)(C)C(F)(C(=O)O)C(F)(F)F)C(F)(F)F. The molecule has 0 spiro atoms. The zero-order valence-corrected chi connectivity index (χ0v) is 12.9. The van der Waals surface area contributed by atoms with Crippen LogP contribution in [0.3, 0.4) is 0 Å². The van der Waals surface area contributed by atoms with E-state index in [-0.39, 0.29) is 27.7 Å². The first-order valence-electron chi connectivity index (χ1n) is 6.22. The highest BCUT2D eigenvalue weighted by Gasteiger charge is 2.73. The molecule has 0 aliphatic rings. The van der Waals surface area contributed by atoms with Crippen LogP contribution >= 0.6 is 0 Å². The van der Waals surface area contributed by atoms with E-state index >= 15 is 0 Å². The Labute approximate surface area is 130 Å². The van der Waals surface area contributed by atoms with E-state index in [0.717, 1.165) is 0 Å². The predicted molar refractivity (Wildman–Crippen MR) is 62.6 cm³/mol. The Balaban J connectivity index is 5.85. The molecule has 0 rings (SSSR count). The normalized spacial score (nSPS) is 19.5.